The molecule has 1 heterocycles. The van der Waals surface area contributed by atoms with E-state index in [2.05, 4.69) is 44.4 Å². The summed E-state index contributed by atoms with van der Waals surface area (Å²) in [5.74, 6) is 2.18. The molecule has 1 fully saturated rings. The van der Waals surface area contributed by atoms with E-state index in [0.29, 0.717) is 0 Å². The molecule has 16 heavy (non-hydrogen) atoms. The lowest BCUT2D eigenvalue weighted by Crippen LogP contribution is -2.38. The molecule has 0 aromatic heterocycles. The highest BCUT2D eigenvalue weighted by molar-refractivity contribution is 8.00. The second kappa shape index (κ2) is 7.60. The first-order valence-corrected chi connectivity index (χ1v) is 8.11. The molecular formula is C14H29NS. The topological polar surface area (TPSA) is 3.24 Å². The Kier molecular flexibility index (Phi) is 6.83. The Morgan fingerprint density at radius 3 is 2.62 bits per heavy atom. The Bertz CT molecular complexity index is 182. The molecule has 0 aliphatic carbocycles. The molecule has 0 aromatic rings. The van der Waals surface area contributed by atoms with Crippen LogP contribution in [-0.4, -0.2) is 28.6 Å². The lowest BCUT2D eigenvalue weighted by Gasteiger charge is -2.32. The van der Waals surface area contributed by atoms with Crippen molar-refractivity contribution >= 4 is 11.8 Å². The van der Waals surface area contributed by atoms with Gasteiger partial charge in [-0.25, -0.2) is 0 Å². The fraction of sp³-hybridized carbons (Fsp3) is 1.00. The summed E-state index contributed by atoms with van der Waals surface area (Å²) in [5, 5.41) is 0.807. The highest BCUT2D eigenvalue weighted by Gasteiger charge is 2.30. The fourth-order valence-corrected chi connectivity index (χ4v) is 4.18. The zero-order valence-electron chi connectivity index (χ0n) is 11.5. The van der Waals surface area contributed by atoms with Crippen LogP contribution in [0.1, 0.15) is 59.8 Å². The largest absolute Gasteiger partial charge is 0.288 e. The summed E-state index contributed by atoms with van der Waals surface area (Å²) < 4.78 is 0. The van der Waals surface area contributed by atoms with Crippen molar-refractivity contribution < 1.29 is 0 Å². The Morgan fingerprint density at radius 2 is 2.06 bits per heavy atom. The van der Waals surface area contributed by atoms with Crippen molar-refractivity contribution in [3.05, 3.63) is 0 Å². The van der Waals surface area contributed by atoms with Crippen LogP contribution in [0.25, 0.3) is 0 Å². The van der Waals surface area contributed by atoms with E-state index in [1.807, 2.05) is 0 Å². The van der Waals surface area contributed by atoms with Gasteiger partial charge >= 0.3 is 0 Å². The van der Waals surface area contributed by atoms with Gasteiger partial charge in [0.25, 0.3) is 0 Å². The summed E-state index contributed by atoms with van der Waals surface area (Å²) in [6.45, 7) is 10.7. The lowest BCUT2D eigenvalue weighted by atomic mass is 10.0. The van der Waals surface area contributed by atoms with Crippen molar-refractivity contribution in [2.45, 2.75) is 71.2 Å². The van der Waals surface area contributed by atoms with Gasteiger partial charge < -0.3 is 0 Å². The fourth-order valence-electron chi connectivity index (χ4n) is 2.60. The van der Waals surface area contributed by atoms with E-state index in [9.17, 15) is 0 Å². The van der Waals surface area contributed by atoms with Crippen LogP contribution in [-0.2, 0) is 0 Å². The van der Waals surface area contributed by atoms with E-state index in [4.69, 9.17) is 0 Å². The van der Waals surface area contributed by atoms with Gasteiger partial charge in [0.15, 0.2) is 0 Å². The highest BCUT2D eigenvalue weighted by atomic mass is 32.2. The monoisotopic (exact) mass is 243 g/mol. The van der Waals surface area contributed by atoms with Gasteiger partial charge in [0, 0.05) is 18.3 Å². The summed E-state index contributed by atoms with van der Waals surface area (Å²) in [5.41, 5.74) is 0. The van der Waals surface area contributed by atoms with Crippen LogP contribution in [0.2, 0.25) is 0 Å². The van der Waals surface area contributed by atoms with Crippen LogP contribution in [0.5, 0.6) is 0 Å². The average Bonchev–Trinajstić information content (AvgIpc) is 2.67. The summed E-state index contributed by atoms with van der Waals surface area (Å²) >= 11 is 2.18. The zero-order valence-corrected chi connectivity index (χ0v) is 12.4. The van der Waals surface area contributed by atoms with Crippen LogP contribution in [0, 0.1) is 5.92 Å². The maximum Gasteiger partial charge on any atom is 0.0563 e. The van der Waals surface area contributed by atoms with E-state index in [-0.39, 0.29) is 0 Å². The predicted octanol–water partition coefficient (Wildman–Crippen LogP) is 4.38. The van der Waals surface area contributed by atoms with Crippen LogP contribution < -0.4 is 0 Å². The molecule has 0 spiro atoms. The summed E-state index contributed by atoms with van der Waals surface area (Å²) in [4.78, 5) is 2.79. The molecular weight excluding hydrogens is 214 g/mol. The molecule has 0 radical (unpaired) electrons. The van der Waals surface area contributed by atoms with Gasteiger partial charge in [0.05, 0.1) is 5.37 Å². The van der Waals surface area contributed by atoms with Crippen molar-refractivity contribution in [2.24, 2.45) is 5.92 Å². The smallest absolute Gasteiger partial charge is 0.0563 e. The van der Waals surface area contributed by atoms with Gasteiger partial charge in [0.2, 0.25) is 0 Å². The Morgan fingerprint density at radius 1 is 1.31 bits per heavy atom. The Hall–Kier alpha value is 0.310. The molecule has 2 unspecified atom stereocenters. The highest BCUT2D eigenvalue weighted by Crippen LogP contribution is 2.32. The Labute approximate surface area is 106 Å². The minimum Gasteiger partial charge on any atom is -0.288 e. The quantitative estimate of drug-likeness (QED) is 0.653. The van der Waals surface area contributed by atoms with Crippen molar-refractivity contribution in [2.75, 3.05) is 12.3 Å². The van der Waals surface area contributed by atoms with E-state index < -0.39 is 0 Å². The summed E-state index contributed by atoms with van der Waals surface area (Å²) in [6, 6.07) is 0.846. The van der Waals surface area contributed by atoms with Crippen LogP contribution in [0.15, 0.2) is 0 Å². The minimum atomic E-state index is 0.807. The zero-order chi connectivity index (χ0) is 12.0. The molecule has 0 N–H and O–H groups in total. The van der Waals surface area contributed by atoms with Crippen molar-refractivity contribution in [1.82, 2.24) is 4.90 Å². The number of nitrogens with zero attached hydrogens (tertiary/aromatic N) is 1. The molecule has 1 saturated heterocycles. The first kappa shape index (κ1) is 14.4. The number of rotatable bonds is 7. The second-order valence-electron chi connectivity index (χ2n) is 5.40. The van der Waals surface area contributed by atoms with E-state index >= 15 is 0 Å². The molecule has 0 saturated carbocycles. The van der Waals surface area contributed by atoms with Crippen molar-refractivity contribution in [1.29, 1.82) is 0 Å². The number of unbranched alkanes of at least 4 members (excludes halogenated alkanes) is 1. The first-order chi connectivity index (χ1) is 7.69. The molecule has 1 aliphatic rings. The molecule has 2 atom stereocenters. The van der Waals surface area contributed by atoms with Gasteiger partial charge in [-0.15, -0.1) is 11.8 Å². The molecule has 1 aliphatic heterocycles. The molecule has 1 rings (SSSR count). The summed E-state index contributed by atoms with van der Waals surface area (Å²) in [7, 11) is 0. The number of hydrogen-bond donors (Lipinski definition) is 0. The number of hydrogen-bond acceptors (Lipinski definition) is 2. The second-order valence-corrected chi connectivity index (χ2v) is 6.68. The van der Waals surface area contributed by atoms with Gasteiger partial charge in [-0.1, -0.05) is 40.5 Å². The average molecular weight is 243 g/mol. The van der Waals surface area contributed by atoms with Gasteiger partial charge in [-0.3, -0.25) is 4.90 Å². The molecule has 0 bridgehead atoms. The molecule has 0 aromatic carbocycles. The van der Waals surface area contributed by atoms with Crippen LogP contribution >= 0.6 is 11.8 Å². The van der Waals surface area contributed by atoms with Gasteiger partial charge in [0.1, 0.15) is 0 Å². The van der Waals surface area contributed by atoms with Crippen LogP contribution in [0.4, 0.5) is 0 Å². The number of thioether (sulfide) groups is 1. The molecule has 0 amide bonds. The lowest BCUT2D eigenvalue weighted by molar-refractivity contribution is 0.172. The Balaban J connectivity index is 2.46. The van der Waals surface area contributed by atoms with E-state index in [0.717, 1.165) is 17.3 Å². The van der Waals surface area contributed by atoms with Crippen LogP contribution in [0.3, 0.4) is 0 Å². The minimum absolute atomic E-state index is 0.807. The van der Waals surface area contributed by atoms with E-state index in [1.54, 1.807) is 0 Å². The third-order valence-corrected chi connectivity index (χ3v) is 4.80. The third-order valence-electron chi connectivity index (χ3n) is 3.53. The summed E-state index contributed by atoms with van der Waals surface area (Å²) in [6.07, 6.45) is 6.84. The first-order valence-electron chi connectivity index (χ1n) is 7.06. The molecule has 2 heteroatoms. The normalized spacial score (nSPS) is 24.2. The third kappa shape index (κ3) is 4.29. The van der Waals surface area contributed by atoms with Gasteiger partial charge in [-0.05, 0) is 25.2 Å². The molecule has 1 nitrogen and oxygen atoms in total. The van der Waals surface area contributed by atoms with Crippen molar-refractivity contribution in [3.8, 4) is 0 Å². The molecule has 96 valence electrons. The standard InChI is InChI=1S/C14H29NS/c1-5-7-8-13(6-2)15-9-10-16-14(15)11-12(3)4/h12-14H,5-11H2,1-4H3. The maximum absolute atomic E-state index is 2.79. The SMILES string of the molecule is CCCCC(CC)N1CCSC1CC(C)C. The predicted molar refractivity (Wildman–Crippen MR) is 76.0 cm³/mol. The van der Waals surface area contributed by atoms with Gasteiger partial charge in [-0.2, -0.15) is 0 Å². The van der Waals surface area contributed by atoms with Crippen molar-refractivity contribution in [3.63, 3.8) is 0 Å². The maximum atomic E-state index is 2.79. The van der Waals surface area contributed by atoms with E-state index in [1.165, 1.54) is 44.4 Å².